The van der Waals surface area contributed by atoms with Crippen LogP contribution >= 0.6 is 11.6 Å². The third kappa shape index (κ3) is 3.99. The molecule has 3 aliphatic rings. The van der Waals surface area contributed by atoms with E-state index < -0.39 is 5.82 Å². The van der Waals surface area contributed by atoms with Crippen LogP contribution in [-0.4, -0.2) is 66.3 Å². The van der Waals surface area contributed by atoms with Gasteiger partial charge in [-0.3, -0.25) is 4.90 Å². The minimum Gasteiger partial charge on any atom is -0.475 e. The maximum atomic E-state index is 16.4. The number of aromatic nitrogens is 2. The third-order valence-corrected chi connectivity index (χ3v) is 8.89. The van der Waals surface area contributed by atoms with Crippen molar-refractivity contribution in [1.29, 1.82) is 0 Å². The van der Waals surface area contributed by atoms with Crippen molar-refractivity contribution in [2.24, 2.45) is 0 Å². The predicted molar refractivity (Wildman–Crippen MR) is 151 cm³/mol. The Morgan fingerprint density at radius 3 is 2.50 bits per heavy atom. The second-order valence-electron chi connectivity index (χ2n) is 10.7. The van der Waals surface area contributed by atoms with Crippen molar-refractivity contribution in [3.8, 4) is 17.1 Å². The summed E-state index contributed by atoms with van der Waals surface area (Å²) in [6.07, 6.45) is 4.64. The number of halogens is 2. The molecule has 6 nitrogen and oxygen atoms in total. The van der Waals surface area contributed by atoms with Crippen LogP contribution in [0.4, 0.5) is 10.2 Å². The summed E-state index contributed by atoms with van der Waals surface area (Å²) in [6.45, 7) is 6.22. The maximum absolute atomic E-state index is 16.4. The molecule has 1 N–H and O–H groups in total. The van der Waals surface area contributed by atoms with Crippen LogP contribution in [-0.2, 0) is 0 Å². The fraction of sp³-hybridized carbons (Fsp3) is 0.400. The zero-order valence-corrected chi connectivity index (χ0v) is 22.1. The molecule has 7 rings (SSSR count). The number of anilines is 1. The van der Waals surface area contributed by atoms with E-state index in [4.69, 9.17) is 26.3 Å². The Morgan fingerprint density at radius 2 is 1.71 bits per heavy atom. The fourth-order valence-electron chi connectivity index (χ4n) is 6.63. The summed E-state index contributed by atoms with van der Waals surface area (Å²) >= 11 is 6.64. The van der Waals surface area contributed by atoms with Gasteiger partial charge in [0.15, 0.2) is 5.82 Å². The van der Waals surface area contributed by atoms with Gasteiger partial charge in [0.2, 0.25) is 5.88 Å². The number of nitrogens with zero attached hydrogens (tertiary/aromatic N) is 4. The van der Waals surface area contributed by atoms with Crippen LogP contribution < -0.4 is 15.0 Å². The van der Waals surface area contributed by atoms with Crippen LogP contribution in [0.1, 0.15) is 25.7 Å². The highest BCUT2D eigenvalue weighted by atomic mass is 35.5. The van der Waals surface area contributed by atoms with Gasteiger partial charge < -0.3 is 15.0 Å². The van der Waals surface area contributed by atoms with Crippen molar-refractivity contribution in [1.82, 2.24) is 20.2 Å². The van der Waals surface area contributed by atoms with E-state index in [0.717, 1.165) is 68.7 Å². The summed E-state index contributed by atoms with van der Waals surface area (Å²) in [5.41, 5.74) is 1.22. The number of rotatable bonds is 5. The van der Waals surface area contributed by atoms with E-state index in [9.17, 15) is 0 Å². The molecule has 0 saturated carbocycles. The Kier molecular flexibility index (Phi) is 6.10. The molecule has 8 heteroatoms. The van der Waals surface area contributed by atoms with Gasteiger partial charge in [-0.1, -0.05) is 41.9 Å². The second-order valence-corrected chi connectivity index (χ2v) is 11.1. The molecule has 5 heterocycles. The average Bonchev–Trinajstić information content (AvgIpc) is 3.54. The molecule has 3 saturated heterocycles. The molecule has 196 valence electrons. The van der Waals surface area contributed by atoms with Gasteiger partial charge in [-0.25, -0.2) is 14.4 Å². The number of fused-ring (bicyclic) bond motifs is 3. The molecular formula is C30H31ClFN5O. The summed E-state index contributed by atoms with van der Waals surface area (Å²) in [5, 5.41) is 6.26. The van der Waals surface area contributed by atoms with Crippen LogP contribution in [0, 0.1) is 5.82 Å². The molecule has 3 aliphatic heterocycles. The Balaban J connectivity index is 1.38. The SMILES string of the molecule is Fc1c(-c2cccc3cccc(Cl)c23)nc(OCC23CCCN2CCC3)c2ccc(N3CCNCC3)nc12. The number of hydrogen-bond acceptors (Lipinski definition) is 6. The number of nitrogens with one attached hydrogen (secondary N) is 1. The molecule has 0 amide bonds. The van der Waals surface area contributed by atoms with Crippen LogP contribution in [0.15, 0.2) is 48.5 Å². The predicted octanol–water partition coefficient (Wildman–Crippen LogP) is 5.66. The van der Waals surface area contributed by atoms with Crippen molar-refractivity contribution in [3.05, 3.63) is 59.4 Å². The van der Waals surface area contributed by atoms with Gasteiger partial charge >= 0.3 is 0 Å². The first-order valence-corrected chi connectivity index (χ1v) is 14.0. The zero-order valence-electron chi connectivity index (χ0n) is 21.4. The average molecular weight is 532 g/mol. The molecule has 0 atom stereocenters. The van der Waals surface area contributed by atoms with E-state index in [1.54, 1.807) is 0 Å². The summed E-state index contributed by atoms with van der Waals surface area (Å²) in [7, 11) is 0. The van der Waals surface area contributed by atoms with Crippen molar-refractivity contribution in [2.75, 3.05) is 50.8 Å². The molecule has 0 spiro atoms. The first-order valence-electron chi connectivity index (χ1n) is 13.6. The molecule has 2 aromatic carbocycles. The second kappa shape index (κ2) is 9.63. The molecule has 0 radical (unpaired) electrons. The Labute approximate surface area is 226 Å². The first-order chi connectivity index (χ1) is 18.6. The van der Waals surface area contributed by atoms with Crippen LogP contribution in [0.5, 0.6) is 5.88 Å². The van der Waals surface area contributed by atoms with Crippen molar-refractivity contribution in [2.45, 2.75) is 31.2 Å². The van der Waals surface area contributed by atoms with Crippen molar-refractivity contribution in [3.63, 3.8) is 0 Å². The molecule has 2 aromatic heterocycles. The smallest absolute Gasteiger partial charge is 0.223 e. The highest BCUT2D eigenvalue weighted by Gasteiger charge is 2.45. The highest BCUT2D eigenvalue weighted by molar-refractivity contribution is 6.36. The number of ether oxygens (including phenoxy) is 1. The molecule has 3 fully saturated rings. The number of pyridine rings is 2. The molecule has 38 heavy (non-hydrogen) atoms. The molecule has 0 unspecified atom stereocenters. The topological polar surface area (TPSA) is 53.5 Å². The Morgan fingerprint density at radius 1 is 0.947 bits per heavy atom. The van der Waals surface area contributed by atoms with Gasteiger partial charge in [-0.2, -0.15) is 0 Å². The van der Waals surface area contributed by atoms with E-state index >= 15 is 4.39 Å². The van der Waals surface area contributed by atoms with Gasteiger partial charge in [0.25, 0.3) is 0 Å². The normalized spacial score (nSPS) is 19.4. The van der Waals surface area contributed by atoms with E-state index in [0.29, 0.717) is 28.5 Å². The van der Waals surface area contributed by atoms with Gasteiger partial charge in [-0.05, 0) is 62.4 Å². The number of piperazine rings is 1. The van der Waals surface area contributed by atoms with E-state index in [1.165, 1.54) is 12.8 Å². The maximum Gasteiger partial charge on any atom is 0.223 e. The first kappa shape index (κ1) is 24.1. The van der Waals surface area contributed by atoms with E-state index in [-0.39, 0.29) is 16.7 Å². The lowest BCUT2D eigenvalue weighted by molar-refractivity contribution is 0.112. The minimum atomic E-state index is -0.446. The highest BCUT2D eigenvalue weighted by Crippen LogP contribution is 2.41. The summed E-state index contributed by atoms with van der Waals surface area (Å²) in [5.74, 6) is 0.763. The molecular weight excluding hydrogens is 501 g/mol. The lowest BCUT2D eigenvalue weighted by Crippen LogP contribution is -2.44. The van der Waals surface area contributed by atoms with Crippen LogP contribution in [0.3, 0.4) is 0 Å². The minimum absolute atomic E-state index is 0.0550. The lowest BCUT2D eigenvalue weighted by Gasteiger charge is -2.32. The van der Waals surface area contributed by atoms with Crippen LogP contribution in [0.2, 0.25) is 5.02 Å². The molecule has 0 bridgehead atoms. The summed E-state index contributed by atoms with van der Waals surface area (Å²) < 4.78 is 23.0. The fourth-order valence-corrected chi connectivity index (χ4v) is 6.91. The largest absolute Gasteiger partial charge is 0.475 e. The van der Waals surface area contributed by atoms with Crippen molar-refractivity contribution < 1.29 is 9.13 Å². The molecule has 4 aromatic rings. The quantitative estimate of drug-likeness (QED) is 0.359. The van der Waals surface area contributed by atoms with Crippen molar-refractivity contribution >= 4 is 39.1 Å². The van der Waals surface area contributed by atoms with Gasteiger partial charge in [0.1, 0.15) is 23.6 Å². The van der Waals surface area contributed by atoms with Gasteiger partial charge in [-0.15, -0.1) is 0 Å². The summed E-state index contributed by atoms with van der Waals surface area (Å²) in [6, 6.07) is 15.4. The Bertz CT molecular complexity index is 1510. The summed E-state index contributed by atoms with van der Waals surface area (Å²) in [4.78, 5) is 14.4. The lowest BCUT2D eigenvalue weighted by atomic mass is 9.95. The van der Waals surface area contributed by atoms with Crippen LogP contribution in [0.25, 0.3) is 32.9 Å². The monoisotopic (exact) mass is 531 g/mol. The Hall–Kier alpha value is -3.00. The molecule has 0 aliphatic carbocycles. The van der Waals surface area contributed by atoms with Gasteiger partial charge in [0, 0.05) is 42.2 Å². The standard InChI is InChI=1S/C30H31ClFN5O/c31-23-8-2-6-20-5-1-7-21(25(20)23)27-26(32)28-22(9-10-24(34-28)36-17-13-33-14-18-36)29(35-27)38-19-30-11-3-15-37(30)16-4-12-30/h1-2,5-10,33H,3-4,11-19H2. The third-order valence-electron chi connectivity index (χ3n) is 8.58. The van der Waals surface area contributed by atoms with E-state index in [2.05, 4.69) is 15.1 Å². The zero-order chi connectivity index (χ0) is 25.7. The number of hydrogen-bond donors (Lipinski definition) is 1. The van der Waals surface area contributed by atoms with Gasteiger partial charge in [0.05, 0.1) is 10.9 Å². The number of benzene rings is 2. The van der Waals surface area contributed by atoms with E-state index in [1.807, 2.05) is 48.5 Å².